The monoisotopic (exact) mass is 1120 g/mol. The van der Waals surface area contributed by atoms with E-state index in [1.165, 1.54) is 67.8 Å². The van der Waals surface area contributed by atoms with Crippen LogP contribution in [0.4, 0.5) is 34.1 Å². The van der Waals surface area contributed by atoms with Gasteiger partial charge < -0.3 is 14.2 Å². The summed E-state index contributed by atoms with van der Waals surface area (Å²) >= 11 is 3.73. The van der Waals surface area contributed by atoms with Gasteiger partial charge in [0.25, 0.3) is 0 Å². The first-order chi connectivity index (χ1) is 42.1. The van der Waals surface area contributed by atoms with E-state index in [-0.39, 0.29) is 0 Å². The van der Waals surface area contributed by atoms with Gasteiger partial charge in [-0.15, -0.1) is 22.7 Å². The van der Waals surface area contributed by atoms with E-state index in [9.17, 15) is 0 Å². The normalized spacial score (nSPS) is 11.8. The van der Waals surface area contributed by atoms with Gasteiger partial charge in [-0.25, -0.2) is 0 Å². The van der Waals surface area contributed by atoms with Crippen LogP contribution in [0.1, 0.15) is 0 Å². The maximum absolute atomic E-state index is 6.85. The van der Waals surface area contributed by atoms with E-state index in [2.05, 4.69) is 313 Å². The molecule has 0 radical (unpaired) electrons. The molecule has 0 spiro atoms. The first-order valence-electron chi connectivity index (χ1n) is 28.9. The molecule has 5 heteroatoms. The number of hydrogen-bond acceptors (Lipinski definition) is 5. The lowest BCUT2D eigenvalue weighted by Crippen LogP contribution is -2.12. The van der Waals surface area contributed by atoms with E-state index in [0.29, 0.717) is 0 Å². The fourth-order valence-corrected chi connectivity index (χ4v) is 15.4. The Balaban J connectivity index is 0.802. The van der Waals surface area contributed by atoms with Crippen molar-refractivity contribution in [2.45, 2.75) is 0 Å². The summed E-state index contributed by atoms with van der Waals surface area (Å²) in [6.07, 6.45) is 0. The lowest BCUT2D eigenvalue weighted by atomic mass is 9.93. The summed E-state index contributed by atoms with van der Waals surface area (Å²) in [6.45, 7) is 0. The highest BCUT2D eigenvalue weighted by Gasteiger charge is 2.23. The van der Waals surface area contributed by atoms with Crippen molar-refractivity contribution in [3.8, 4) is 44.5 Å². The molecule has 3 aromatic heterocycles. The van der Waals surface area contributed by atoms with Crippen molar-refractivity contribution >= 4 is 141 Å². The Morgan fingerprint density at radius 3 is 1.48 bits per heavy atom. The second-order valence-corrected chi connectivity index (χ2v) is 24.1. The van der Waals surface area contributed by atoms with Gasteiger partial charge in [-0.1, -0.05) is 194 Å². The molecule has 0 atom stereocenters. The molecule has 0 saturated carbocycles. The number of benzene rings is 14. The quantitative estimate of drug-likeness (QED) is 0.136. The third kappa shape index (κ3) is 8.31. The molecule has 85 heavy (non-hydrogen) atoms. The van der Waals surface area contributed by atoms with Gasteiger partial charge in [-0.2, -0.15) is 0 Å². The third-order valence-corrected chi connectivity index (χ3v) is 19.4. The summed E-state index contributed by atoms with van der Waals surface area (Å²) < 4.78 is 12.0. The maximum Gasteiger partial charge on any atom is 0.143 e. The molecule has 0 aliphatic carbocycles. The van der Waals surface area contributed by atoms with Crippen molar-refractivity contribution in [1.29, 1.82) is 0 Å². The van der Waals surface area contributed by atoms with Crippen molar-refractivity contribution in [2.24, 2.45) is 0 Å². The van der Waals surface area contributed by atoms with Crippen LogP contribution in [0.15, 0.2) is 308 Å². The van der Waals surface area contributed by atoms with Gasteiger partial charge in [0.15, 0.2) is 0 Å². The summed E-state index contributed by atoms with van der Waals surface area (Å²) in [6, 6.07) is 111. The summed E-state index contributed by atoms with van der Waals surface area (Å²) in [7, 11) is 0. The molecule has 0 saturated heterocycles. The number of thiophene rings is 2. The van der Waals surface area contributed by atoms with Crippen LogP contribution in [0.25, 0.3) is 128 Å². The lowest BCUT2D eigenvalue weighted by molar-refractivity contribution is 0.676. The van der Waals surface area contributed by atoms with Crippen molar-refractivity contribution in [3.05, 3.63) is 303 Å². The zero-order valence-corrected chi connectivity index (χ0v) is 47.6. The number of fused-ring (bicyclic) bond motifs is 13. The lowest BCUT2D eigenvalue weighted by Gasteiger charge is -2.29. The largest absolute Gasteiger partial charge is 0.455 e. The van der Waals surface area contributed by atoms with Crippen LogP contribution in [0.5, 0.6) is 0 Å². The highest BCUT2D eigenvalue weighted by Crippen LogP contribution is 2.49. The second-order valence-electron chi connectivity index (χ2n) is 21.9. The zero-order valence-electron chi connectivity index (χ0n) is 46.0. The summed E-state index contributed by atoms with van der Waals surface area (Å²) in [5.74, 6) is 0. The standard InChI is InChI=1S/C80H50N2OS2/c1-4-18-51(19-5-1)55-46-56(52-20-6-2-7-21-52)48-62(47-55)82(60-41-39-59(40-42-60)81(57-23-8-3-9-24-57)61-43-45-75-72(49-61)66-27-14-15-32-74(66)84-75)58-37-34-54(35-38-58)63-29-17-33-76-77(63)70-31-16-30-69(80(70)85-76)71-50-73-68-44-36-53-22-10-11-25-64(53)78(68)83-79(73)67-28-13-12-26-65(67)71/h1-50H. The van der Waals surface area contributed by atoms with Gasteiger partial charge in [-0.05, 0) is 159 Å². The molecule has 0 aliphatic heterocycles. The molecule has 3 nitrogen and oxygen atoms in total. The molecule has 17 aromatic rings. The minimum atomic E-state index is 0.933. The fraction of sp³-hybridized carbons (Fsp3) is 0. The van der Waals surface area contributed by atoms with Gasteiger partial charge in [0.05, 0.1) is 0 Å². The van der Waals surface area contributed by atoms with Crippen molar-refractivity contribution in [1.82, 2.24) is 0 Å². The van der Waals surface area contributed by atoms with Crippen molar-refractivity contribution < 1.29 is 4.42 Å². The van der Waals surface area contributed by atoms with Crippen molar-refractivity contribution in [2.75, 3.05) is 9.80 Å². The number of nitrogens with zero attached hydrogens (tertiary/aromatic N) is 2. The molecule has 0 N–H and O–H groups in total. The Labute approximate surface area is 499 Å². The number of anilines is 6. The molecular weight excluding hydrogens is 1070 g/mol. The highest BCUT2D eigenvalue weighted by molar-refractivity contribution is 7.26. The first-order valence-corrected chi connectivity index (χ1v) is 30.5. The smallest absolute Gasteiger partial charge is 0.143 e. The minimum Gasteiger partial charge on any atom is -0.455 e. The molecule has 0 aliphatic rings. The molecule has 0 bridgehead atoms. The Morgan fingerprint density at radius 1 is 0.235 bits per heavy atom. The predicted octanol–water partition coefficient (Wildman–Crippen LogP) is 24.2. The highest BCUT2D eigenvalue weighted by atomic mass is 32.1. The molecular formula is C80H50N2OS2. The fourth-order valence-electron chi connectivity index (χ4n) is 13.0. The summed E-state index contributed by atoms with van der Waals surface area (Å²) in [5.41, 5.74) is 17.8. The van der Waals surface area contributed by atoms with Gasteiger partial charge >= 0.3 is 0 Å². The van der Waals surface area contributed by atoms with Crippen LogP contribution in [0.2, 0.25) is 0 Å². The minimum absolute atomic E-state index is 0.933. The van der Waals surface area contributed by atoms with Crippen LogP contribution in [0.3, 0.4) is 0 Å². The van der Waals surface area contributed by atoms with E-state index in [0.717, 1.165) is 94.7 Å². The molecule has 3 heterocycles. The van der Waals surface area contributed by atoms with E-state index < -0.39 is 0 Å². The van der Waals surface area contributed by atoms with Crippen LogP contribution in [-0.2, 0) is 0 Å². The number of hydrogen-bond donors (Lipinski definition) is 0. The van der Waals surface area contributed by atoms with E-state index in [1.807, 2.05) is 22.7 Å². The van der Waals surface area contributed by atoms with E-state index >= 15 is 0 Å². The van der Waals surface area contributed by atoms with Crippen LogP contribution in [-0.4, -0.2) is 0 Å². The molecule has 398 valence electrons. The van der Waals surface area contributed by atoms with Crippen LogP contribution in [0, 0.1) is 0 Å². The average molecular weight is 1120 g/mol. The topological polar surface area (TPSA) is 19.6 Å². The number of furan rings is 1. The van der Waals surface area contributed by atoms with E-state index in [1.54, 1.807) is 0 Å². The second kappa shape index (κ2) is 20.1. The Morgan fingerprint density at radius 2 is 0.753 bits per heavy atom. The number of rotatable bonds is 10. The average Bonchev–Trinajstić information content (AvgIpc) is 2.28. The first kappa shape index (κ1) is 49.1. The van der Waals surface area contributed by atoms with E-state index in [4.69, 9.17) is 4.42 Å². The summed E-state index contributed by atoms with van der Waals surface area (Å²) in [4.78, 5) is 4.79. The Kier molecular flexibility index (Phi) is 11.6. The Hall–Kier alpha value is -10.6. The molecule has 14 aromatic carbocycles. The maximum atomic E-state index is 6.85. The van der Waals surface area contributed by atoms with Gasteiger partial charge in [0.1, 0.15) is 11.2 Å². The van der Waals surface area contributed by atoms with Gasteiger partial charge in [0, 0.05) is 102 Å². The third-order valence-electron chi connectivity index (χ3n) is 17.0. The van der Waals surface area contributed by atoms with Gasteiger partial charge in [0.2, 0.25) is 0 Å². The molecule has 0 fully saturated rings. The van der Waals surface area contributed by atoms with Gasteiger partial charge in [-0.3, -0.25) is 0 Å². The Bertz CT molecular complexity index is 5360. The zero-order chi connectivity index (χ0) is 56.0. The molecule has 0 unspecified atom stereocenters. The van der Waals surface area contributed by atoms with Crippen LogP contribution < -0.4 is 9.80 Å². The number of para-hydroxylation sites is 1. The van der Waals surface area contributed by atoms with Crippen molar-refractivity contribution in [3.63, 3.8) is 0 Å². The SMILES string of the molecule is c1ccc(-c2cc(-c3ccccc3)cc(N(c3ccc(-c4cccc5sc6c(-c7cc8c9ccc%10ccccc%10c9oc8c8ccccc78)cccc6c45)cc3)c3ccc(N(c4ccccc4)c4ccc5sc6ccccc6c5c4)cc3)c2)cc1. The molecule has 17 rings (SSSR count). The summed E-state index contributed by atoms with van der Waals surface area (Å²) in [5, 5.41) is 12.0. The predicted molar refractivity (Wildman–Crippen MR) is 366 cm³/mol. The van der Waals surface area contributed by atoms with Crippen LogP contribution >= 0.6 is 22.7 Å². The molecule has 0 amide bonds.